The number of ether oxygens (including phenoxy) is 1. The highest BCUT2D eigenvalue weighted by atomic mass is 16.5. The number of hydrogen-bond acceptors (Lipinski definition) is 4. The van der Waals surface area contributed by atoms with Crippen LogP contribution >= 0.6 is 0 Å². The lowest BCUT2D eigenvalue weighted by atomic mass is 10.1. The van der Waals surface area contributed by atoms with Gasteiger partial charge in [0.1, 0.15) is 12.3 Å². The number of aryl methyl sites for hydroxylation is 1. The van der Waals surface area contributed by atoms with Gasteiger partial charge in [0.15, 0.2) is 0 Å². The first kappa shape index (κ1) is 17.0. The second kappa shape index (κ2) is 7.03. The lowest BCUT2D eigenvalue weighted by Gasteiger charge is -2.07. The van der Waals surface area contributed by atoms with Gasteiger partial charge in [-0.15, -0.1) is 0 Å². The summed E-state index contributed by atoms with van der Waals surface area (Å²) in [7, 11) is 0. The zero-order chi connectivity index (χ0) is 18.8. The predicted molar refractivity (Wildman–Crippen MR) is 104 cm³/mol. The van der Waals surface area contributed by atoms with Crippen molar-refractivity contribution in [2.75, 3.05) is 0 Å². The van der Waals surface area contributed by atoms with Crippen molar-refractivity contribution in [3.63, 3.8) is 0 Å². The summed E-state index contributed by atoms with van der Waals surface area (Å²) < 4.78 is 6.80. The van der Waals surface area contributed by atoms with Gasteiger partial charge in [-0.2, -0.15) is 0 Å². The molecule has 134 valence electrons. The van der Waals surface area contributed by atoms with E-state index in [0.717, 1.165) is 21.9 Å². The van der Waals surface area contributed by atoms with Crippen molar-refractivity contribution < 1.29 is 9.53 Å². The molecule has 0 aliphatic heterocycles. The van der Waals surface area contributed by atoms with Crippen LogP contribution in [0.4, 0.5) is 0 Å². The minimum atomic E-state index is -0.351. The zero-order valence-electron chi connectivity index (χ0n) is 14.9. The molecule has 5 heteroatoms. The maximum atomic E-state index is 12.2. The van der Waals surface area contributed by atoms with Crippen molar-refractivity contribution in [2.24, 2.45) is 0 Å². The van der Waals surface area contributed by atoms with Gasteiger partial charge >= 0.3 is 5.97 Å². The zero-order valence-corrected chi connectivity index (χ0v) is 14.9. The highest BCUT2D eigenvalue weighted by Gasteiger charge is 2.08. The van der Waals surface area contributed by atoms with Crippen LogP contribution in [0, 0.1) is 6.92 Å². The number of pyridine rings is 1. The number of benzene rings is 2. The van der Waals surface area contributed by atoms with Gasteiger partial charge in [0, 0.05) is 12.3 Å². The first-order valence-corrected chi connectivity index (χ1v) is 8.71. The molecule has 0 saturated heterocycles. The Morgan fingerprint density at radius 3 is 2.70 bits per heavy atom. The van der Waals surface area contributed by atoms with Crippen LogP contribution in [0.5, 0.6) is 0 Å². The fourth-order valence-corrected chi connectivity index (χ4v) is 3.05. The van der Waals surface area contributed by atoms with Crippen LogP contribution in [0.25, 0.3) is 16.4 Å². The number of esters is 1. The number of hydrogen-bond donors (Lipinski definition) is 0. The van der Waals surface area contributed by atoms with Crippen LogP contribution in [-0.2, 0) is 22.6 Å². The number of carbonyl (C=O) groups excluding carboxylic acids is 1. The van der Waals surface area contributed by atoms with E-state index in [1.807, 2.05) is 55.5 Å². The molecule has 0 saturated carbocycles. The number of fused-ring (bicyclic) bond motifs is 2. The van der Waals surface area contributed by atoms with Gasteiger partial charge in [-0.3, -0.25) is 14.0 Å². The number of nitrogens with zero attached hydrogens (tertiary/aromatic N) is 2. The SMILES string of the molecule is Cc1ccc2nc(COC(=O)Cc3ccc4ccccc4c3)cc(=O)n2c1. The molecule has 0 unspecified atom stereocenters. The van der Waals surface area contributed by atoms with E-state index in [1.54, 1.807) is 12.3 Å². The molecule has 27 heavy (non-hydrogen) atoms. The molecule has 4 aromatic rings. The Morgan fingerprint density at radius 1 is 1.04 bits per heavy atom. The number of aromatic nitrogens is 2. The number of carbonyl (C=O) groups is 1. The van der Waals surface area contributed by atoms with E-state index in [2.05, 4.69) is 4.98 Å². The molecule has 2 aromatic carbocycles. The van der Waals surface area contributed by atoms with E-state index in [-0.39, 0.29) is 24.6 Å². The van der Waals surface area contributed by atoms with Crippen LogP contribution in [-0.4, -0.2) is 15.4 Å². The molecule has 0 bridgehead atoms. The standard InChI is InChI=1S/C22H18N2O3/c1-15-6-9-20-23-19(12-21(25)24(20)13-15)14-27-22(26)11-16-7-8-17-4-2-3-5-18(17)10-16/h2-10,12-13H,11,14H2,1H3. The molecule has 0 atom stereocenters. The molecular formula is C22H18N2O3. The van der Waals surface area contributed by atoms with Crippen LogP contribution in [0.1, 0.15) is 16.8 Å². The van der Waals surface area contributed by atoms with Crippen LogP contribution < -0.4 is 5.56 Å². The molecule has 0 amide bonds. The van der Waals surface area contributed by atoms with E-state index in [0.29, 0.717) is 11.3 Å². The van der Waals surface area contributed by atoms with Crippen molar-refractivity contribution in [1.29, 1.82) is 0 Å². The van der Waals surface area contributed by atoms with E-state index >= 15 is 0 Å². The molecule has 5 nitrogen and oxygen atoms in total. The summed E-state index contributed by atoms with van der Waals surface area (Å²) in [6.07, 6.45) is 1.91. The Labute approximate surface area is 155 Å². The smallest absolute Gasteiger partial charge is 0.310 e. The highest BCUT2D eigenvalue weighted by molar-refractivity contribution is 5.84. The van der Waals surface area contributed by atoms with Crippen molar-refractivity contribution in [1.82, 2.24) is 9.38 Å². The van der Waals surface area contributed by atoms with Gasteiger partial charge in [0.25, 0.3) is 5.56 Å². The third-order valence-electron chi connectivity index (χ3n) is 4.40. The minimum Gasteiger partial charge on any atom is -0.459 e. The quantitative estimate of drug-likeness (QED) is 0.524. The van der Waals surface area contributed by atoms with Gasteiger partial charge in [0.05, 0.1) is 12.1 Å². The largest absolute Gasteiger partial charge is 0.459 e. The third kappa shape index (κ3) is 3.72. The highest BCUT2D eigenvalue weighted by Crippen LogP contribution is 2.16. The second-order valence-electron chi connectivity index (χ2n) is 6.54. The first-order chi connectivity index (χ1) is 13.1. The van der Waals surface area contributed by atoms with E-state index in [4.69, 9.17) is 4.74 Å². The Bertz CT molecular complexity index is 1210. The Hall–Kier alpha value is -3.47. The summed E-state index contributed by atoms with van der Waals surface area (Å²) in [5.41, 5.74) is 2.65. The average molecular weight is 358 g/mol. The van der Waals surface area contributed by atoms with E-state index in [9.17, 15) is 9.59 Å². The molecule has 0 fully saturated rings. The summed E-state index contributed by atoms with van der Waals surface area (Å²) in [5.74, 6) is -0.351. The molecular weight excluding hydrogens is 340 g/mol. The molecule has 0 aliphatic rings. The van der Waals surface area contributed by atoms with Crippen LogP contribution in [0.15, 0.2) is 71.7 Å². The first-order valence-electron chi connectivity index (χ1n) is 8.71. The molecule has 4 rings (SSSR count). The molecule has 0 spiro atoms. The maximum Gasteiger partial charge on any atom is 0.310 e. The normalized spacial score (nSPS) is 11.0. The van der Waals surface area contributed by atoms with Gasteiger partial charge in [-0.1, -0.05) is 48.5 Å². The Kier molecular flexibility index (Phi) is 4.42. The van der Waals surface area contributed by atoms with Crippen LogP contribution in [0.3, 0.4) is 0 Å². The predicted octanol–water partition coefficient (Wildman–Crippen LogP) is 3.44. The van der Waals surface area contributed by atoms with Gasteiger partial charge in [0.2, 0.25) is 0 Å². The van der Waals surface area contributed by atoms with Gasteiger partial charge in [-0.05, 0) is 34.9 Å². The Morgan fingerprint density at radius 2 is 1.85 bits per heavy atom. The number of rotatable bonds is 4. The second-order valence-corrected chi connectivity index (χ2v) is 6.54. The van der Waals surface area contributed by atoms with Crippen molar-refractivity contribution in [3.05, 3.63) is 94.0 Å². The summed E-state index contributed by atoms with van der Waals surface area (Å²) in [5, 5.41) is 2.22. The monoisotopic (exact) mass is 358 g/mol. The molecule has 2 aromatic heterocycles. The lowest BCUT2D eigenvalue weighted by Crippen LogP contribution is -2.17. The van der Waals surface area contributed by atoms with Gasteiger partial charge < -0.3 is 4.74 Å². The molecule has 0 radical (unpaired) electrons. The summed E-state index contributed by atoms with van der Waals surface area (Å²) in [6, 6.07) is 19.0. The summed E-state index contributed by atoms with van der Waals surface area (Å²) >= 11 is 0. The van der Waals surface area contributed by atoms with Crippen LogP contribution in [0.2, 0.25) is 0 Å². The topological polar surface area (TPSA) is 60.7 Å². The summed E-state index contributed by atoms with van der Waals surface area (Å²) in [6.45, 7) is 1.89. The average Bonchev–Trinajstić information content (AvgIpc) is 2.67. The third-order valence-corrected chi connectivity index (χ3v) is 4.40. The molecule has 0 aliphatic carbocycles. The van der Waals surface area contributed by atoms with Crippen molar-refractivity contribution >= 4 is 22.4 Å². The lowest BCUT2D eigenvalue weighted by molar-refractivity contribution is -0.144. The molecule has 2 heterocycles. The Balaban J connectivity index is 1.46. The summed E-state index contributed by atoms with van der Waals surface area (Å²) in [4.78, 5) is 28.8. The van der Waals surface area contributed by atoms with E-state index < -0.39 is 0 Å². The van der Waals surface area contributed by atoms with Crippen molar-refractivity contribution in [3.8, 4) is 0 Å². The maximum absolute atomic E-state index is 12.2. The van der Waals surface area contributed by atoms with E-state index in [1.165, 1.54) is 10.5 Å². The molecule has 0 N–H and O–H groups in total. The fraction of sp³-hybridized carbons (Fsp3) is 0.136. The minimum absolute atomic E-state index is 0.0218. The fourth-order valence-electron chi connectivity index (χ4n) is 3.05. The van der Waals surface area contributed by atoms with Crippen molar-refractivity contribution in [2.45, 2.75) is 20.0 Å². The van der Waals surface area contributed by atoms with Gasteiger partial charge in [-0.25, -0.2) is 4.98 Å².